The maximum Gasteiger partial charge on any atom is 0.120 e. The predicted octanol–water partition coefficient (Wildman–Crippen LogP) is 3.44. The van der Waals surface area contributed by atoms with Gasteiger partial charge in [0.05, 0.1) is 29.0 Å². The Morgan fingerprint density at radius 2 is 2.00 bits per heavy atom. The standard InChI is InChI=1S/C17H17NO2S/c1-14-6-2-3-9-17(14)21(19)11-5-10-20-16-8-4-7-15(12-16)13-18/h2-4,6-9,12H,5,10-11H2,1H3. The van der Waals surface area contributed by atoms with Gasteiger partial charge in [-0.25, -0.2) is 0 Å². The second kappa shape index (κ2) is 7.61. The summed E-state index contributed by atoms with van der Waals surface area (Å²) in [4.78, 5) is 0.893. The van der Waals surface area contributed by atoms with E-state index in [1.807, 2.05) is 37.3 Å². The summed E-state index contributed by atoms with van der Waals surface area (Å²) >= 11 is 0. The molecular formula is C17H17NO2S. The lowest BCUT2D eigenvalue weighted by atomic mass is 10.2. The van der Waals surface area contributed by atoms with Gasteiger partial charge < -0.3 is 4.74 Å². The molecule has 1 unspecified atom stereocenters. The molecule has 3 nitrogen and oxygen atoms in total. The summed E-state index contributed by atoms with van der Waals surface area (Å²) in [7, 11) is -0.991. The summed E-state index contributed by atoms with van der Waals surface area (Å²) in [5.41, 5.74) is 1.63. The van der Waals surface area contributed by atoms with Gasteiger partial charge in [0.2, 0.25) is 0 Å². The molecule has 0 amide bonds. The van der Waals surface area contributed by atoms with Crippen molar-refractivity contribution in [2.45, 2.75) is 18.2 Å². The first-order valence-electron chi connectivity index (χ1n) is 6.77. The first kappa shape index (κ1) is 15.3. The Morgan fingerprint density at radius 3 is 2.76 bits per heavy atom. The number of benzene rings is 2. The van der Waals surface area contributed by atoms with Gasteiger partial charge in [0, 0.05) is 10.6 Å². The molecule has 2 aromatic carbocycles. The topological polar surface area (TPSA) is 50.1 Å². The van der Waals surface area contributed by atoms with Gasteiger partial charge in [-0.1, -0.05) is 24.3 Å². The van der Waals surface area contributed by atoms with E-state index in [1.165, 1.54) is 0 Å². The molecule has 1 atom stereocenters. The van der Waals surface area contributed by atoms with Gasteiger partial charge in [0.15, 0.2) is 0 Å². The highest BCUT2D eigenvalue weighted by Gasteiger charge is 2.06. The van der Waals surface area contributed by atoms with Gasteiger partial charge >= 0.3 is 0 Å². The van der Waals surface area contributed by atoms with Gasteiger partial charge in [0.25, 0.3) is 0 Å². The number of nitrogens with zero attached hydrogens (tertiary/aromatic N) is 1. The van der Waals surface area contributed by atoms with Gasteiger partial charge in [0.1, 0.15) is 5.75 Å². The Labute approximate surface area is 127 Å². The van der Waals surface area contributed by atoms with Gasteiger partial charge in [-0.3, -0.25) is 4.21 Å². The Hall–Kier alpha value is -2.12. The van der Waals surface area contributed by atoms with E-state index in [0.717, 1.165) is 10.5 Å². The van der Waals surface area contributed by atoms with Crippen LogP contribution in [0.5, 0.6) is 5.75 Å². The molecule has 21 heavy (non-hydrogen) atoms. The lowest BCUT2D eigenvalue weighted by molar-refractivity contribution is 0.318. The molecule has 0 aromatic heterocycles. The van der Waals surface area contributed by atoms with Crippen LogP contribution in [0.15, 0.2) is 53.4 Å². The fourth-order valence-corrected chi connectivity index (χ4v) is 3.21. The Kier molecular flexibility index (Phi) is 5.53. The van der Waals surface area contributed by atoms with Crippen LogP contribution in [-0.4, -0.2) is 16.6 Å². The van der Waals surface area contributed by atoms with Crippen LogP contribution in [0.25, 0.3) is 0 Å². The molecule has 0 radical (unpaired) electrons. The molecule has 0 saturated carbocycles. The third-order valence-electron chi connectivity index (χ3n) is 3.04. The molecule has 108 valence electrons. The molecular weight excluding hydrogens is 282 g/mol. The molecule has 2 rings (SSSR count). The minimum absolute atomic E-state index is 0.493. The Bertz CT molecular complexity index is 676. The van der Waals surface area contributed by atoms with Crippen molar-refractivity contribution >= 4 is 10.8 Å². The molecule has 0 aliphatic carbocycles. The van der Waals surface area contributed by atoms with Crippen LogP contribution >= 0.6 is 0 Å². The lowest BCUT2D eigenvalue weighted by Gasteiger charge is -2.07. The number of hydrogen-bond acceptors (Lipinski definition) is 3. The van der Waals surface area contributed by atoms with Crippen molar-refractivity contribution in [3.63, 3.8) is 0 Å². The molecule has 2 aromatic rings. The first-order valence-corrected chi connectivity index (χ1v) is 8.09. The van der Waals surface area contributed by atoms with Crippen LogP contribution in [0.2, 0.25) is 0 Å². The minimum atomic E-state index is -0.991. The Balaban J connectivity index is 1.81. The molecule has 0 aliphatic rings. The number of aryl methyl sites for hydroxylation is 1. The summed E-state index contributed by atoms with van der Waals surface area (Å²) < 4.78 is 17.8. The van der Waals surface area contributed by atoms with Crippen molar-refractivity contribution in [1.82, 2.24) is 0 Å². The van der Waals surface area contributed by atoms with Crippen molar-refractivity contribution in [3.8, 4) is 11.8 Å². The molecule has 0 fully saturated rings. The van der Waals surface area contributed by atoms with Gasteiger partial charge in [-0.2, -0.15) is 5.26 Å². The average Bonchev–Trinajstić information content (AvgIpc) is 2.52. The molecule has 0 heterocycles. The summed E-state index contributed by atoms with van der Waals surface area (Å²) in [6, 6.07) is 16.9. The normalized spacial score (nSPS) is 11.6. The first-order chi connectivity index (χ1) is 10.2. The van der Waals surface area contributed by atoms with Crippen molar-refractivity contribution in [2.75, 3.05) is 12.4 Å². The van der Waals surface area contributed by atoms with Crippen LogP contribution in [-0.2, 0) is 10.8 Å². The predicted molar refractivity (Wildman–Crippen MR) is 83.7 cm³/mol. The maximum atomic E-state index is 12.2. The zero-order valence-electron chi connectivity index (χ0n) is 11.9. The smallest absolute Gasteiger partial charge is 0.120 e. The number of ether oxygens (including phenoxy) is 1. The molecule has 4 heteroatoms. The van der Waals surface area contributed by atoms with E-state index in [4.69, 9.17) is 10.00 Å². The Morgan fingerprint density at radius 1 is 1.19 bits per heavy atom. The fourth-order valence-electron chi connectivity index (χ4n) is 1.96. The molecule has 0 bridgehead atoms. The highest BCUT2D eigenvalue weighted by atomic mass is 32.2. The van der Waals surface area contributed by atoms with Crippen molar-refractivity contribution < 1.29 is 8.95 Å². The fraction of sp³-hybridized carbons (Fsp3) is 0.235. The number of rotatable bonds is 6. The monoisotopic (exact) mass is 299 g/mol. The van der Waals surface area contributed by atoms with Crippen molar-refractivity contribution in [3.05, 3.63) is 59.7 Å². The zero-order valence-corrected chi connectivity index (χ0v) is 12.7. The van der Waals surface area contributed by atoms with E-state index in [-0.39, 0.29) is 0 Å². The number of hydrogen-bond donors (Lipinski definition) is 0. The summed E-state index contributed by atoms with van der Waals surface area (Å²) in [6.07, 6.45) is 0.706. The van der Waals surface area contributed by atoms with Crippen LogP contribution in [0.4, 0.5) is 0 Å². The highest BCUT2D eigenvalue weighted by molar-refractivity contribution is 7.85. The maximum absolute atomic E-state index is 12.2. The second-order valence-corrected chi connectivity index (χ2v) is 6.20. The van der Waals surface area contributed by atoms with Crippen LogP contribution in [0.3, 0.4) is 0 Å². The number of nitriles is 1. The summed E-state index contributed by atoms with van der Waals surface area (Å²) in [5, 5.41) is 8.81. The third-order valence-corrected chi connectivity index (χ3v) is 4.65. The van der Waals surface area contributed by atoms with E-state index in [9.17, 15) is 4.21 Å². The average molecular weight is 299 g/mol. The minimum Gasteiger partial charge on any atom is -0.494 e. The highest BCUT2D eigenvalue weighted by Crippen LogP contribution is 2.15. The van der Waals surface area contributed by atoms with E-state index >= 15 is 0 Å². The van der Waals surface area contributed by atoms with Crippen LogP contribution in [0.1, 0.15) is 17.5 Å². The van der Waals surface area contributed by atoms with Crippen molar-refractivity contribution in [1.29, 1.82) is 5.26 Å². The molecule has 0 N–H and O–H groups in total. The zero-order chi connectivity index (χ0) is 15.1. The molecule has 0 aliphatic heterocycles. The van der Waals surface area contributed by atoms with Crippen LogP contribution in [0, 0.1) is 18.3 Å². The van der Waals surface area contributed by atoms with E-state index in [0.29, 0.717) is 30.1 Å². The summed E-state index contributed by atoms with van der Waals surface area (Å²) in [6.45, 7) is 2.46. The van der Waals surface area contributed by atoms with E-state index in [1.54, 1.807) is 18.2 Å². The van der Waals surface area contributed by atoms with E-state index < -0.39 is 10.8 Å². The quantitative estimate of drug-likeness (QED) is 0.768. The van der Waals surface area contributed by atoms with E-state index in [2.05, 4.69) is 6.07 Å². The lowest BCUT2D eigenvalue weighted by Crippen LogP contribution is -2.06. The van der Waals surface area contributed by atoms with Crippen LogP contribution < -0.4 is 4.74 Å². The SMILES string of the molecule is Cc1ccccc1S(=O)CCCOc1cccc(C#N)c1. The van der Waals surface area contributed by atoms with Gasteiger partial charge in [-0.15, -0.1) is 0 Å². The third kappa shape index (κ3) is 4.44. The molecule has 0 saturated heterocycles. The summed E-state index contributed by atoms with van der Waals surface area (Å²) in [5.74, 6) is 1.25. The van der Waals surface area contributed by atoms with Gasteiger partial charge in [-0.05, 0) is 43.2 Å². The largest absolute Gasteiger partial charge is 0.494 e. The van der Waals surface area contributed by atoms with Crippen molar-refractivity contribution in [2.24, 2.45) is 0 Å². The second-order valence-electron chi connectivity index (χ2n) is 4.66. The molecule has 0 spiro atoms.